The number of hydrogen-bond donors (Lipinski definition) is 6. The number of phosphoric acid groups is 2. The quantitative estimate of drug-likeness (QED) is 0.0155. The fourth-order valence-corrected chi connectivity index (χ4v) is 9.29. The molecule has 0 amide bonds. The van der Waals surface area contributed by atoms with Gasteiger partial charge in [0.2, 0.25) is 0 Å². The Kier molecular flexibility index (Phi) is 32.8. The number of hydrogen-bond acceptors (Lipinski definition) is 16. The first-order valence-corrected chi connectivity index (χ1v) is 28.1. The zero-order chi connectivity index (χ0) is 51.6. The topological polar surface area (TPSA) is 286 Å². The van der Waals surface area contributed by atoms with Crippen LogP contribution in [0.25, 0.3) is 0 Å². The summed E-state index contributed by atoms with van der Waals surface area (Å²) in [6.45, 7) is 4.11. The zero-order valence-corrected chi connectivity index (χ0v) is 43.4. The molecule has 400 valence electrons. The number of nitrogens with two attached hydrogens (primary N) is 1. The number of aliphatic hydroxyl groups is 3. The van der Waals surface area contributed by atoms with Crippen molar-refractivity contribution in [3.8, 4) is 0 Å². The SMILES string of the molecule is CC[C@@H](O)CC/C=C\C/C=C\C/C=C\C/C=C\CCCC(=O)O[C@H](COC(=O)CCCCCCCCCCCCCC(C)C)COP(=O)(O)OP(=O)(O)OC[C@H]1O[C@@H](n2ccc(N)nc2=O)[C@H](O)[C@@H]1O. The lowest BCUT2D eigenvalue weighted by molar-refractivity contribution is -0.161. The summed E-state index contributed by atoms with van der Waals surface area (Å²) in [5.74, 6) is -0.624. The Balaban J connectivity index is 1.83. The van der Waals surface area contributed by atoms with Gasteiger partial charge in [0.1, 0.15) is 30.7 Å². The van der Waals surface area contributed by atoms with E-state index in [-0.39, 0.29) is 24.8 Å². The summed E-state index contributed by atoms with van der Waals surface area (Å²) < 4.78 is 56.7. The number of carbonyl (C=O) groups excluding carboxylic acids is 2. The first-order valence-electron chi connectivity index (χ1n) is 25.1. The maximum absolute atomic E-state index is 12.8. The molecule has 0 bridgehead atoms. The molecular formula is C49H83N3O16P2. The molecule has 19 nitrogen and oxygen atoms in total. The highest BCUT2D eigenvalue weighted by Crippen LogP contribution is 2.60. The number of ether oxygens (including phenoxy) is 3. The van der Waals surface area contributed by atoms with E-state index in [9.17, 15) is 48.6 Å². The smallest absolute Gasteiger partial charge is 0.462 e. The van der Waals surface area contributed by atoms with E-state index < -0.39 is 83.7 Å². The van der Waals surface area contributed by atoms with Gasteiger partial charge in [-0.1, -0.05) is 140 Å². The summed E-state index contributed by atoms with van der Waals surface area (Å²) in [6.07, 6.45) is 28.7. The van der Waals surface area contributed by atoms with E-state index in [2.05, 4.69) is 53.5 Å². The average molecular weight is 1030 g/mol. The molecule has 0 aromatic carbocycles. The molecule has 8 atom stereocenters. The molecular weight excluding hydrogens is 948 g/mol. The molecule has 1 aliphatic heterocycles. The monoisotopic (exact) mass is 1030 g/mol. The Bertz CT molecular complexity index is 1890. The fraction of sp³-hybridized carbons (Fsp3) is 0.714. The van der Waals surface area contributed by atoms with Crippen LogP contribution in [-0.2, 0) is 46.3 Å². The summed E-state index contributed by atoms with van der Waals surface area (Å²) in [6, 6.07) is 1.24. The van der Waals surface area contributed by atoms with E-state index in [4.69, 9.17) is 29.0 Å². The Hall–Kier alpha value is -3.32. The number of phosphoric ester groups is 2. The predicted octanol–water partition coefficient (Wildman–Crippen LogP) is 8.99. The van der Waals surface area contributed by atoms with Crippen LogP contribution in [0.2, 0.25) is 0 Å². The number of aliphatic hydroxyl groups excluding tert-OH is 3. The Morgan fingerprint density at radius 1 is 0.757 bits per heavy atom. The third-order valence-electron chi connectivity index (χ3n) is 11.3. The summed E-state index contributed by atoms with van der Waals surface area (Å²) in [5, 5.41) is 30.5. The number of esters is 2. The molecule has 70 heavy (non-hydrogen) atoms. The standard InChI is InChI=1S/C49H83N3O16P2/c1-4-40(53)31-27-23-19-15-11-7-5-6-8-12-17-21-25-29-33-45(55)66-41(36-63-44(54)32-28-24-20-16-13-9-10-14-18-22-26-30-39(2)3)37-64-69(59,60)68-70(61,62)65-38-42-46(56)47(57)48(67-42)52-35-34-43(50)51-49(52)58/h6-8,11,17,19,21,23,34-35,39-42,46-48,53,56-57H,4-5,9-10,12-16,18,20,22,24-33,36-38H2,1-3H3,(H,59,60)(H,61,62)(H2,50,51,58)/b8-6-,11-7-,21-17-,23-19-/t40-,41-,42-,46-,47-,48-/m1/s1. The summed E-state index contributed by atoms with van der Waals surface area (Å²) >= 11 is 0. The Morgan fingerprint density at radius 3 is 1.89 bits per heavy atom. The minimum absolute atomic E-state index is 0.0392. The molecule has 1 fully saturated rings. The van der Waals surface area contributed by atoms with Crippen molar-refractivity contribution in [3.05, 3.63) is 71.4 Å². The van der Waals surface area contributed by atoms with E-state index in [0.29, 0.717) is 25.7 Å². The first-order chi connectivity index (χ1) is 33.4. The van der Waals surface area contributed by atoms with Crippen molar-refractivity contribution in [2.45, 2.75) is 199 Å². The lowest BCUT2D eigenvalue weighted by atomic mass is 10.0. The van der Waals surface area contributed by atoms with Gasteiger partial charge in [-0.2, -0.15) is 9.29 Å². The largest absolute Gasteiger partial charge is 0.481 e. The van der Waals surface area contributed by atoms with Crippen molar-refractivity contribution in [1.29, 1.82) is 0 Å². The normalized spacial score (nSPS) is 20.2. The second-order valence-electron chi connectivity index (χ2n) is 17.9. The highest BCUT2D eigenvalue weighted by Gasteiger charge is 2.46. The van der Waals surface area contributed by atoms with Crippen molar-refractivity contribution >= 4 is 33.4 Å². The predicted molar refractivity (Wildman–Crippen MR) is 267 cm³/mol. The maximum Gasteiger partial charge on any atom is 0.481 e. The Labute approximate surface area is 414 Å². The molecule has 2 unspecified atom stereocenters. The van der Waals surface area contributed by atoms with Gasteiger partial charge in [-0.3, -0.25) is 23.2 Å². The minimum Gasteiger partial charge on any atom is -0.462 e. The van der Waals surface area contributed by atoms with Gasteiger partial charge in [0.15, 0.2) is 12.3 Å². The van der Waals surface area contributed by atoms with Crippen molar-refractivity contribution in [3.63, 3.8) is 0 Å². The van der Waals surface area contributed by atoms with Gasteiger partial charge in [0.25, 0.3) is 0 Å². The average Bonchev–Trinajstić information content (AvgIpc) is 3.58. The van der Waals surface area contributed by atoms with Crippen LogP contribution in [-0.4, -0.2) is 96.9 Å². The lowest BCUT2D eigenvalue weighted by Crippen LogP contribution is -2.36. The van der Waals surface area contributed by atoms with Crippen molar-refractivity contribution in [1.82, 2.24) is 9.55 Å². The minimum atomic E-state index is -5.44. The van der Waals surface area contributed by atoms with Crippen LogP contribution >= 0.6 is 15.6 Å². The van der Waals surface area contributed by atoms with Crippen molar-refractivity contribution < 1.29 is 71.4 Å². The molecule has 21 heteroatoms. The molecule has 0 aliphatic carbocycles. The van der Waals surface area contributed by atoms with Crippen molar-refractivity contribution in [2.75, 3.05) is 25.6 Å². The van der Waals surface area contributed by atoms with Crippen molar-refractivity contribution in [2.24, 2.45) is 5.92 Å². The highest BCUT2D eigenvalue weighted by molar-refractivity contribution is 7.61. The number of nitrogens with zero attached hydrogens (tertiary/aromatic N) is 2. The number of carbonyl (C=O) groups is 2. The number of aromatic nitrogens is 2. The zero-order valence-electron chi connectivity index (χ0n) is 41.6. The van der Waals surface area contributed by atoms with E-state index in [1.54, 1.807) is 0 Å². The van der Waals surface area contributed by atoms with Gasteiger partial charge < -0.3 is 45.1 Å². The second-order valence-corrected chi connectivity index (χ2v) is 21.0. The first kappa shape index (κ1) is 62.8. The van der Waals surface area contributed by atoms with Crippen LogP contribution in [0.4, 0.5) is 5.82 Å². The van der Waals surface area contributed by atoms with Gasteiger partial charge in [0, 0.05) is 19.0 Å². The van der Waals surface area contributed by atoms with Gasteiger partial charge in [0.05, 0.1) is 19.3 Å². The van der Waals surface area contributed by atoms with Crippen LogP contribution in [0.5, 0.6) is 0 Å². The molecule has 1 aromatic rings. The van der Waals surface area contributed by atoms with E-state index in [0.717, 1.165) is 74.5 Å². The molecule has 1 saturated heterocycles. The van der Waals surface area contributed by atoms with Crippen LogP contribution in [0.15, 0.2) is 65.7 Å². The maximum atomic E-state index is 12.8. The number of allylic oxidation sites excluding steroid dienone is 8. The summed E-state index contributed by atoms with van der Waals surface area (Å²) in [7, 11) is -10.9. The molecule has 2 rings (SSSR count). The summed E-state index contributed by atoms with van der Waals surface area (Å²) in [4.78, 5) is 61.8. The van der Waals surface area contributed by atoms with E-state index in [1.165, 1.54) is 51.0 Å². The molecule has 1 aliphatic rings. The molecule has 7 N–H and O–H groups in total. The number of nitrogen functional groups attached to an aromatic ring is 1. The third kappa shape index (κ3) is 29.9. The lowest BCUT2D eigenvalue weighted by Gasteiger charge is -2.21. The highest BCUT2D eigenvalue weighted by atomic mass is 31.3. The van der Waals surface area contributed by atoms with E-state index in [1.807, 2.05) is 25.2 Å². The molecule has 0 saturated carbocycles. The molecule has 0 spiro atoms. The van der Waals surface area contributed by atoms with Crippen LogP contribution in [0.1, 0.15) is 168 Å². The van der Waals surface area contributed by atoms with Crippen LogP contribution in [0.3, 0.4) is 0 Å². The number of rotatable bonds is 40. The third-order valence-corrected chi connectivity index (χ3v) is 13.9. The second kappa shape index (κ2) is 36.6. The number of anilines is 1. The van der Waals surface area contributed by atoms with E-state index >= 15 is 0 Å². The Morgan fingerprint density at radius 2 is 1.30 bits per heavy atom. The van der Waals surface area contributed by atoms with Gasteiger partial charge in [-0.05, 0) is 69.8 Å². The number of unbranched alkanes of at least 4 members (excludes halogenated alkanes) is 11. The fourth-order valence-electron chi connectivity index (χ4n) is 7.18. The van der Waals surface area contributed by atoms with Gasteiger partial charge in [-0.15, -0.1) is 0 Å². The van der Waals surface area contributed by atoms with Gasteiger partial charge >= 0.3 is 33.3 Å². The molecule has 0 radical (unpaired) electrons. The summed E-state index contributed by atoms with van der Waals surface area (Å²) in [5.41, 5.74) is 4.58. The molecule has 2 heterocycles. The van der Waals surface area contributed by atoms with Crippen LogP contribution < -0.4 is 11.4 Å². The van der Waals surface area contributed by atoms with Crippen LogP contribution in [0, 0.1) is 5.92 Å². The van der Waals surface area contributed by atoms with Gasteiger partial charge in [-0.25, -0.2) is 13.9 Å². The molecule has 1 aromatic heterocycles.